The first kappa shape index (κ1) is 17.8. The summed E-state index contributed by atoms with van der Waals surface area (Å²) in [6, 6.07) is 7.21. The first-order valence-electron chi connectivity index (χ1n) is 9.30. The fourth-order valence-electron chi connectivity index (χ4n) is 3.73. The molecule has 0 bridgehead atoms. The number of hydrogen-bond donors (Lipinski definition) is 0. The number of amides is 2. The summed E-state index contributed by atoms with van der Waals surface area (Å²) in [5.74, 6) is 1.89. The van der Waals surface area contributed by atoms with Crippen molar-refractivity contribution in [1.82, 2.24) is 9.80 Å². The summed E-state index contributed by atoms with van der Waals surface area (Å²) in [5, 5.41) is 0. The maximum atomic E-state index is 12.7. The summed E-state index contributed by atoms with van der Waals surface area (Å²) in [6.07, 6.45) is 3.76. The molecular formula is C20H28N2O3. The van der Waals surface area contributed by atoms with Crippen LogP contribution < -0.4 is 4.74 Å². The molecule has 0 aliphatic carbocycles. The number of piperidine rings is 2. The fourth-order valence-corrected chi connectivity index (χ4v) is 3.73. The van der Waals surface area contributed by atoms with Gasteiger partial charge in [0.05, 0.1) is 7.11 Å². The monoisotopic (exact) mass is 344 g/mol. The van der Waals surface area contributed by atoms with Crippen molar-refractivity contribution in [1.29, 1.82) is 0 Å². The maximum absolute atomic E-state index is 12.7. The molecule has 2 heterocycles. The molecule has 0 N–H and O–H groups in total. The molecule has 2 aliphatic rings. The smallest absolute Gasteiger partial charge is 0.253 e. The van der Waals surface area contributed by atoms with Gasteiger partial charge in [-0.1, -0.05) is 6.92 Å². The molecule has 5 nitrogen and oxygen atoms in total. The van der Waals surface area contributed by atoms with Gasteiger partial charge in [-0.2, -0.15) is 0 Å². The normalized spacial score (nSPS) is 19.8. The van der Waals surface area contributed by atoms with Crippen LogP contribution in [0.3, 0.4) is 0 Å². The summed E-state index contributed by atoms with van der Waals surface area (Å²) in [7, 11) is 1.61. The number of rotatable bonds is 3. The molecule has 2 fully saturated rings. The Morgan fingerprint density at radius 2 is 1.48 bits per heavy atom. The van der Waals surface area contributed by atoms with E-state index in [1.165, 1.54) is 0 Å². The molecular weight excluding hydrogens is 316 g/mol. The van der Waals surface area contributed by atoms with Gasteiger partial charge in [-0.15, -0.1) is 0 Å². The average Bonchev–Trinajstić information content (AvgIpc) is 2.67. The average molecular weight is 344 g/mol. The van der Waals surface area contributed by atoms with E-state index in [4.69, 9.17) is 4.74 Å². The Kier molecular flexibility index (Phi) is 5.61. The number of likely N-dealkylation sites (tertiary alicyclic amines) is 2. The van der Waals surface area contributed by atoms with E-state index in [9.17, 15) is 9.59 Å². The van der Waals surface area contributed by atoms with Gasteiger partial charge in [-0.3, -0.25) is 9.59 Å². The van der Waals surface area contributed by atoms with E-state index in [1.807, 2.05) is 9.80 Å². The van der Waals surface area contributed by atoms with Gasteiger partial charge >= 0.3 is 0 Å². The third-order valence-electron chi connectivity index (χ3n) is 5.56. The van der Waals surface area contributed by atoms with E-state index in [-0.39, 0.29) is 11.8 Å². The second-order valence-corrected chi connectivity index (χ2v) is 7.30. The first-order chi connectivity index (χ1) is 12.1. The van der Waals surface area contributed by atoms with Crippen LogP contribution in [0.5, 0.6) is 5.75 Å². The lowest BCUT2D eigenvalue weighted by Crippen LogP contribution is -2.46. The molecule has 2 amide bonds. The van der Waals surface area contributed by atoms with Crippen LogP contribution in [0.4, 0.5) is 0 Å². The van der Waals surface area contributed by atoms with Crippen molar-refractivity contribution >= 4 is 11.8 Å². The molecule has 0 saturated carbocycles. The molecule has 0 radical (unpaired) electrons. The van der Waals surface area contributed by atoms with Crippen LogP contribution in [0.25, 0.3) is 0 Å². The summed E-state index contributed by atoms with van der Waals surface area (Å²) in [6.45, 7) is 5.36. The van der Waals surface area contributed by atoms with Crippen molar-refractivity contribution in [2.24, 2.45) is 11.8 Å². The highest BCUT2D eigenvalue weighted by Crippen LogP contribution is 2.24. The maximum Gasteiger partial charge on any atom is 0.253 e. The Morgan fingerprint density at radius 3 is 2.04 bits per heavy atom. The molecule has 1 aromatic carbocycles. The number of nitrogens with zero attached hydrogens (tertiary/aromatic N) is 2. The number of carbonyl (C=O) groups excluding carboxylic acids is 2. The van der Waals surface area contributed by atoms with Crippen molar-refractivity contribution in [2.45, 2.75) is 32.6 Å². The lowest BCUT2D eigenvalue weighted by molar-refractivity contribution is -0.138. The Bertz CT molecular complexity index is 598. The zero-order chi connectivity index (χ0) is 17.8. The molecule has 5 heteroatoms. The van der Waals surface area contributed by atoms with Gasteiger partial charge in [0.15, 0.2) is 0 Å². The molecule has 25 heavy (non-hydrogen) atoms. The van der Waals surface area contributed by atoms with Crippen LogP contribution in [0.15, 0.2) is 24.3 Å². The van der Waals surface area contributed by atoms with Gasteiger partial charge in [0.2, 0.25) is 5.91 Å². The van der Waals surface area contributed by atoms with E-state index in [0.29, 0.717) is 24.6 Å². The summed E-state index contributed by atoms with van der Waals surface area (Å²) < 4.78 is 5.13. The van der Waals surface area contributed by atoms with Crippen molar-refractivity contribution in [3.8, 4) is 5.75 Å². The molecule has 3 rings (SSSR count). The van der Waals surface area contributed by atoms with Crippen LogP contribution in [0, 0.1) is 11.8 Å². The number of carbonyl (C=O) groups is 2. The topological polar surface area (TPSA) is 49.9 Å². The van der Waals surface area contributed by atoms with Crippen LogP contribution in [-0.4, -0.2) is 54.9 Å². The Hall–Kier alpha value is -2.04. The molecule has 1 aromatic rings. The Labute approximate surface area is 149 Å². The molecule has 0 unspecified atom stereocenters. The number of benzene rings is 1. The van der Waals surface area contributed by atoms with Gasteiger partial charge in [0, 0.05) is 37.7 Å². The van der Waals surface area contributed by atoms with Gasteiger partial charge in [0.25, 0.3) is 5.91 Å². The van der Waals surface area contributed by atoms with E-state index >= 15 is 0 Å². The van der Waals surface area contributed by atoms with Gasteiger partial charge < -0.3 is 14.5 Å². The summed E-state index contributed by atoms with van der Waals surface area (Å²) in [4.78, 5) is 29.2. The van der Waals surface area contributed by atoms with Crippen LogP contribution in [-0.2, 0) is 4.79 Å². The predicted octanol–water partition coefficient (Wildman–Crippen LogP) is 2.81. The highest BCUT2D eigenvalue weighted by atomic mass is 16.5. The minimum atomic E-state index is 0.0420. The van der Waals surface area contributed by atoms with Gasteiger partial charge in [0.1, 0.15) is 5.75 Å². The third kappa shape index (κ3) is 4.14. The number of methoxy groups -OCH3 is 1. The van der Waals surface area contributed by atoms with Crippen LogP contribution in [0.2, 0.25) is 0 Å². The zero-order valence-corrected chi connectivity index (χ0v) is 15.2. The lowest BCUT2D eigenvalue weighted by atomic mass is 9.92. The Morgan fingerprint density at radius 1 is 0.920 bits per heavy atom. The van der Waals surface area contributed by atoms with Crippen LogP contribution in [0.1, 0.15) is 43.0 Å². The van der Waals surface area contributed by atoms with E-state index < -0.39 is 0 Å². The second kappa shape index (κ2) is 7.89. The SMILES string of the molecule is COc1ccc(C(=O)N2CCC(C(=O)N3CCC(C)CC3)CC2)cc1. The van der Waals surface area contributed by atoms with E-state index in [0.717, 1.165) is 50.4 Å². The van der Waals surface area contributed by atoms with E-state index in [1.54, 1.807) is 31.4 Å². The number of hydrogen-bond acceptors (Lipinski definition) is 3. The third-order valence-corrected chi connectivity index (χ3v) is 5.56. The minimum Gasteiger partial charge on any atom is -0.497 e. The zero-order valence-electron chi connectivity index (χ0n) is 15.2. The molecule has 0 spiro atoms. The minimum absolute atomic E-state index is 0.0420. The standard InChI is InChI=1S/C20H28N2O3/c1-15-7-11-21(12-8-15)20(24)17-9-13-22(14-10-17)19(23)16-3-5-18(25-2)6-4-16/h3-6,15,17H,7-14H2,1-2H3. The molecule has 2 saturated heterocycles. The largest absolute Gasteiger partial charge is 0.497 e. The molecule has 0 aromatic heterocycles. The van der Waals surface area contributed by atoms with Crippen molar-refractivity contribution in [3.63, 3.8) is 0 Å². The summed E-state index contributed by atoms with van der Waals surface area (Å²) >= 11 is 0. The molecule has 0 atom stereocenters. The van der Waals surface area contributed by atoms with Crippen molar-refractivity contribution < 1.29 is 14.3 Å². The van der Waals surface area contributed by atoms with E-state index in [2.05, 4.69) is 6.92 Å². The quantitative estimate of drug-likeness (QED) is 0.847. The van der Waals surface area contributed by atoms with Gasteiger partial charge in [-0.25, -0.2) is 0 Å². The van der Waals surface area contributed by atoms with Crippen LogP contribution >= 0.6 is 0 Å². The molecule has 136 valence electrons. The lowest BCUT2D eigenvalue weighted by Gasteiger charge is -2.36. The van der Waals surface area contributed by atoms with Gasteiger partial charge in [-0.05, 0) is 55.9 Å². The first-order valence-corrected chi connectivity index (χ1v) is 9.30. The van der Waals surface area contributed by atoms with Crippen molar-refractivity contribution in [2.75, 3.05) is 33.3 Å². The van der Waals surface area contributed by atoms with Crippen molar-refractivity contribution in [3.05, 3.63) is 29.8 Å². The molecule has 2 aliphatic heterocycles. The predicted molar refractivity (Wildman–Crippen MR) is 96.6 cm³/mol. The highest BCUT2D eigenvalue weighted by molar-refractivity contribution is 5.94. The fraction of sp³-hybridized carbons (Fsp3) is 0.600. The number of ether oxygens (including phenoxy) is 1. The summed E-state index contributed by atoms with van der Waals surface area (Å²) in [5.41, 5.74) is 0.676. The highest BCUT2D eigenvalue weighted by Gasteiger charge is 2.31. The Balaban J connectivity index is 1.52. The second-order valence-electron chi connectivity index (χ2n) is 7.30.